The van der Waals surface area contributed by atoms with Crippen LogP contribution in [0.3, 0.4) is 0 Å². The molecular formula is C17H24FN3O2. The summed E-state index contributed by atoms with van der Waals surface area (Å²) in [5, 5.41) is 12.1. The molecule has 1 aromatic carbocycles. The SMILES string of the molecule is O=C(NCC1CCN(c2ccc(F)cc2)C1)N(CCO)C1CC1. The minimum Gasteiger partial charge on any atom is -0.395 e. The van der Waals surface area contributed by atoms with Crippen LogP contribution in [0.1, 0.15) is 19.3 Å². The zero-order valence-corrected chi connectivity index (χ0v) is 13.2. The quantitative estimate of drug-likeness (QED) is 0.840. The molecule has 0 radical (unpaired) electrons. The normalized spacial score (nSPS) is 20.6. The molecule has 1 saturated heterocycles. The average Bonchev–Trinajstić information content (AvgIpc) is 3.28. The summed E-state index contributed by atoms with van der Waals surface area (Å²) >= 11 is 0. The van der Waals surface area contributed by atoms with Gasteiger partial charge in [-0.2, -0.15) is 0 Å². The number of nitrogens with one attached hydrogen (secondary N) is 1. The zero-order valence-electron chi connectivity index (χ0n) is 13.2. The Morgan fingerprint density at radius 1 is 1.30 bits per heavy atom. The van der Waals surface area contributed by atoms with E-state index in [9.17, 15) is 9.18 Å². The number of rotatable bonds is 6. The van der Waals surface area contributed by atoms with Crippen molar-refractivity contribution in [3.8, 4) is 0 Å². The molecule has 0 spiro atoms. The van der Waals surface area contributed by atoms with Crippen molar-refractivity contribution in [2.24, 2.45) is 5.92 Å². The summed E-state index contributed by atoms with van der Waals surface area (Å²) < 4.78 is 13.0. The smallest absolute Gasteiger partial charge is 0.317 e. The van der Waals surface area contributed by atoms with E-state index in [2.05, 4.69) is 10.2 Å². The first kappa shape index (κ1) is 16.1. The summed E-state index contributed by atoms with van der Waals surface area (Å²) in [5.41, 5.74) is 1.03. The number of aliphatic hydroxyl groups excluding tert-OH is 1. The third-order valence-electron chi connectivity index (χ3n) is 4.61. The van der Waals surface area contributed by atoms with Crippen LogP contribution in [0.5, 0.6) is 0 Å². The molecule has 1 unspecified atom stereocenters. The lowest BCUT2D eigenvalue weighted by Gasteiger charge is -2.23. The molecule has 6 heteroatoms. The van der Waals surface area contributed by atoms with Gasteiger partial charge < -0.3 is 20.2 Å². The molecule has 5 nitrogen and oxygen atoms in total. The molecule has 1 heterocycles. The minimum absolute atomic E-state index is 0.00565. The molecule has 3 rings (SSSR count). The fourth-order valence-electron chi connectivity index (χ4n) is 3.16. The van der Waals surface area contributed by atoms with Crippen molar-refractivity contribution in [3.63, 3.8) is 0 Å². The van der Waals surface area contributed by atoms with Gasteiger partial charge in [-0.1, -0.05) is 0 Å². The van der Waals surface area contributed by atoms with E-state index in [0.29, 0.717) is 25.0 Å². The lowest BCUT2D eigenvalue weighted by atomic mass is 10.1. The number of hydrogen-bond donors (Lipinski definition) is 2. The third-order valence-corrected chi connectivity index (χ3v) is 4.61. The predicted molar refractivity (Wildman–Crippen MR) is 86.9 cm³/mol. The van der Waals surface area contributed by atoms with Crippen molar-refractivity contribution in [1.29, 1.82) is 0 Å². The van der Waals surface area contributed by atoms with Gasteiger partial charge in [0.1, 0.15) is 5.82 Å². The molecule has 1 saturated carbocycles. The maximum absolute atomic E-state index is 13.0. The van der Waals surface area contributed by atoms with Gasteiger partial charge in [0, 0.05) is 37.9 Å². The van der Waals surface area contributed by atoms with E-state index in [-0.39, 0.29) is 18.5 Å². The Morgan fingerprint density at radius 2 is 2.04 bits per heavy atom. The standard InChI is InChI=1S/C17H24FN3O2/c18-14-1-3-15(4-2-14)20-8-7-13(12-20)11-19-17(23)21(9-10-22)16-5-6-16/h1-4,13,16,22H,5-12H2,(H,19,23). The molecule has 1 aliphatic carbocycles. The second-order valence-electron chi connectivity index (χ2n) is 6.41. The Balaban J connectivity index is 1.46. The average molecular weight is 321 g/mol. The van der Waals surface area contributed by atoms with Crippen molar-refractivity contribution < 1.29 is 14.3 Å². The highest BCUT2D eigenvalue weighted by Gasteiger charge is 2.32. The lowest BCUT2D eigenvalue weighted by molar-refractivity contribution is 0.172. The molecule has 0 aromatic heterocycles. The summed E-state index contributed by atoms with van der Waals surface area (Å²) in [6.45, 7) is 2.85. The number of urea groups is 1. The monoisotopic (exact) mass is 321 g/mol. The van der Waals surface area contributed by atoms with Gasteiger partial charge >= 0.3 is 6.03 Å². The van der Waals surface area contributed by atoms with Crippen LogP contribution in [0.4, 0.5) is 14.9 Å². The van der Waals surface area contributed by atoms with Gasteiger partial charge in [-0.15, -0.1) is 0 Å². The van der Waals surface area contributed by atoms with Crippen LogP contribution in [0.2, 0.25) is 0 Å². The molecule has 2 amide bonds. The number of carbonyl (C=O) groups is 1. The highest BCUT2D eigenvalue weighted by Crippen LogP contribution is 2.27. The lowest BCUT2D eigenvalue weighted by Crippen LogP contribution is -2.44. The van der Waals surface area contributed by atoms with E-state index in [1.165, 1.54) is 12.1 Å². The van der Waals surface area contributed by atoms with Crippen LogP contribution in [0.25, 0.3) is 0 Å². The molecule has 1 atom stereocenters. The molecule has 0 bridgehead atoms. The van der Waals surface area contributed by atoms with Crippen LogP contribution in [0, 0.1) is 11.7 Å². The van der Waals surface area contributed by atoms with Gasteiger partial charge in [0.25, 0.3) is 0 Å². The first-order valence-corrected chi connectivity index (χ1v) is 8.33. The molecule has 126 valence electrons. The van der Waals surface area contributed by atoms with E-state index in [1.54, 1.807) is 17.0 Å². The molecule has 2 aliphatic rings. The number of hydrogen-bond acceptors (Lipinski definition) is 3. The fourth-order valence-corrected chi connectivity index (χ4v) is 3.16. The van der Waals surface area contributed by atoms with E-state index >= 15 is 0 Å². The number of amides is 2. The van der Waals surface area contributed by atoms with Crippen LogP contribution in [-0.4, -0.2) is 54.9 Å². The summed E-state index contributed by atoms with van der Waals surface area (Å²) in [7, 11) is 0. The highest BCUT2D eigenvalue weighted by molar-refractivity contribution is 5.75. The number of carbonyl (C=O) groups excluding carboxylic acids is 1. The van der Waals surface area contributed by atoms with Crippen molar-refractivity contribution in [2.45, 2.75) is 25.3 Å². The Morgan fingerprint density at radius 3 is 2.70 bits per heavy atom. The van der Waals surface area contributed by atoms with Gasteiger partial charge in [0.05, 0.1) is 6.61 Å². The number of benzene rings is 1. The van der Waals surface area contributed by atoms with Gasteiger partial charge in [0.2, 0.25) is 0 Å². The number of nitrogens with zero attached hydrogens (tertiary/aromatic N) is 2. The highest BCUT2D eigenvalue weighted by atomic mass is 19.1. The molecule has 1 aliphatic heterocycles. The van der Waals surface area contributed by atoms with Crippen LogP contribution >= 0.6 is 0 Å². The van der Waals surface area contributed by atoms with Gasteiger partial charge in [-0.25, -0.2) is 9.18 Å². The van der Waals surface area contributed by atoms with E-state index < -0.39 is 0 Å². The minimum atomic E-state index is -0.221. The van der Waals surface area contributed by atoms with E-state index in [0.717, 1.165) is 38.0 Å². The second kappa shape index (κ2) is 7.17. The summed E-state index contributed by atoms with van der Waals surface area (Å²) in [5.74, 6) is 0.181. The first-order chi connectivity index (χ1) is 11.2. The number of anilines is 1. The van der Waals surface area contributed by atoms with E-state index in [1.807, 2.05) is 0 Å². The summed E-state index contributed by atoms with van der Waals surface area (Å²) in [6, 6.07) is 6.79. The number of aliphatic hydroxyl groups is 1. The van der Waals surface area contributed by atoms with Gasteiger partial charge in [0.15, 0.2) is 0 Å². The van der Waals surface area contributed by atoms with E-state index in [4.69, 9.17) is 5.11 Å². The molecule has 2 N–H and O–H groups in total. The van der Waals surface area contributed by atoms with Crippen molar-refractivity contribution in [2.75, 3.05) is 37.7 Å². The summed E-state index contributed by atoms with van der Waals surface area (Å²) in [4.78, 5) is 16.2. The Kier molecular flexibility index (Phi) is 5.00. The predicted octanol–water partition coefficient (Wildman–Crippen LogP) is 1.82. The molecule has 1 aromatic rings. The maximum atomic E-state index is 13.0. The third kappa shape index (κ3) is 4.13. The first-order valence-electron chi connectivity index (χ1n) is 8.33. The van der Waals surface area contributed by atoms with Crippen LogP contribution < -0.4 is 10.2 Å². The molecular weight excluding hydrogens is 297 g/mol. The Bertz CT molecular complexity index is 533. The van der Waals surface area contributed by atoms with Crippen LogP contribution in [-0.2, 0) is 0 Å². The summed E-state index contributed by atoms with van der Waals surface area (Å²) in [6.07, 6.45) is 3.09. The topological polar surface area (TPSA) is 55.8 Å². The fraction of sp³-hybridized carbons (Fsp3) is 0.588. The van der Waals surface area contributed by atoms with Crippen molar-refractivity contribution in [1.82, 2.24) is 10.2 Å². The van der Waals surface area contributed by atoms with Crippen molar-refractivity contribution >= 4 is 11.7 Å². The van der Waals surface area contributed by atoms with Crippen molar-refractivity contribution in [3.05, 3.63) is 30.1 Å². The molecule has 2 fully saturated rings. The maximum Gasteiger partial charge on any atom is 0.317 e. The van der Waals surface area contributed by atoms with Gasteiger partial charge in [-0.3, -0.25) is 0 Å². The van der Waals surface area contributed by atoms with Gasteiger partial charge in [-0.05, 0) is 49.4 Å². The largest absolute Gasteiger partial charge is 0.395 e. The zero-order chi connectivity index (χ0) is 16.2. The molecule has 23 heavy (non-hydrogen) atoms. The second-order valence-corrected chi connectivity index (χ2v) is 6.41. The Hall–Kier alpha value is -1.82. The van der Waals surface area contributed by atoms with Crippen LogP contribution in [0.15, 0.2) is 24.3 Å². The number of halogens is 1. The Labute approximate surface area is 136 Å².